The average molecular weight is 161 g/mol. The van der Waals surface area contributed by atoms with E-state index in [0.29, 0.717) is 0 Å². The van der Waals surface area contributed by atoms with Gasteiger partial charge in [-0.05, 0) is 0 Å². The number of hydroxylamine groups is 2. The predicted octanol–water partition coefficient (Wildman–Crippen LogP) is -0.0457. The van der Waals surface area contributed by atoms with E-state index < -0.39 is 0 Å². The molecule has 0 aliphatic carbocycles. The van der Waals surface area contributed by atoms with Crippen LogP contribution in [0.4, 0.5) is 0 Å². The Balaban J connectivity index is 2.54. The van der Waals surface area contributed by atoms with Gasteiger partial charge in [-0.2, -0.15) is 5.06 Å². The number of thiol groups is 1. The van der Waals surface area contributed by atoms with Crippen molar-refractivity contribution in [3.63, 3.8) is 0 Å². The third-order valence-electron chi connectivity index (χ3n) is 1.19. The summed E-state index contributed by atoms with van der Waals surface area (Å²) in [6.45, 7) is 0. The van der Waals surface area contributed by atoms with E-state index in [4.69, 9.17) is 0 Å². The number of carbonyl (C=O) groups excluding carboxylic acids is 2. The summed E-state index contributed by atoms with van der Waals surface area (Å²) in [6, 6.07) is 0. The van der Waals surface area contributed by atoms with E-state index in [9.17, 15) is 9.59 Å². The van der Waals surface area contributed by atoms with E-state index in [1.807, 2.05) is 0 Å². The molecule has 0 unspecified atom stereocenters. The Labute approximate surface area is 63.5 Å². The number of amides is 2. The fraction of sp³-hybridized carbons (Fsp3) is 0.600. The van der Waals surface area contributed by atoms with Crippen molar-refractivity contribution < 1.29 is 14.4 Å². The Bertz CT molecular complexity index is 154. The van der Waals surface area contributed by atoms with Gasteiger partial charge in [-0.25, -0.2) is 0 Å². The monoisotopic (exact) mass is 161 g/mol. The highest BCUT2D eigenvalue weighted by molar-refractivity contribution is 7.80. The van der Waals surface area contributed by atoms with E-state index >= 15 is 0 Å². The molecule has 0 aromatic rings. The van der Waals surface area contributed by atoms with Gasteiger partial charge in [-0.15, -0.1) is 12.6 Å². The molecule has 0 N–H and O–H groups in total. The van der Waals surface area contributed by atoms with Gasteiger partial charge in [-0.3, -0.25) is 14.4 Å². The third-order valence-corrected chi connectivity index (χ3v) is 1.31. The number of rotatable bonds is 2. The largest absolute Gasteiger partial charge is 0.272 e. The smallest absolute Gasteiger partial charge is 0.254 e. The summed E-state index contributed by atoms with van der Waals surface area (Å²) in [6.07, 6.45) is 0.513. The number of hydrogen-bond acceptors (Lipinski definition) is 4. The molecule has 0 saturated carbocycles. The maximum atomic E-state index is 10.7. The number of hydrogen-bond donors (Lipinski definition) is 1. The molecule has 1 aliphatic heterocycles. The zero-order valence-corrected chi connectivity index (χ0v) is 6.13. The van der Waals surface area contributed by atoms with Crippen molar-refractivity contribution in [2.45, 2.75) is 12.8 Å². The van der Waals surface area contributed by atoms with Crippen LogP contribution in [0.3, 0.4) is 0 Å². The summed E-state index contributed by atoms with van der Waals surface area (Å²) in [4.78, 5) is 26.1. The van der Waals surface area contributed by atoms with Gasteiger partial charge in [0.2, 0.25) is 0 Å². The molecular formula is C5H7NO3S. The lowest BCUT2D eigenvalue weighted by atomic mass is 10.4. The van der Waals surface area contributed by atoms with Gasteiger partial charge in [0.05, 0.1) is 0 Å². The molecule has 0 atom stereocenters. The van der Waals surface area contributed by atoms with E-state index in [-0.39, 0.29) is 30.6 Å². The Morgan fingerprint density at radius 3 is 2.30 bits per heavy atom. The first kappa shape index (κ1) is 7.56. The minimum atomic E-state index is -0.279. The van der Waals surface area contributed by atoms with E-state index in [1.165, 1.54) is 0 Å². The standard InChI is InChI=1S/C5H7NO3S/c7-4-1-2-5(8)6(4)9-3-10/h10H,1-3H2. The minimum Gasteiger partial charge on any atom is -0.272 e. The van der Waals surface area contributed by atoms with Crippen LogP contribution in [0.25, 0.3) is 0 Å². The van der Waals surface area contributed by atoms with E-state index in [0.717, 1.165) is 5.06 Å². The van der Waals surface area contributed by atoms with Crippen LogP contribution < -0.4 is 0 Å². The van der Waals surface area contributed by atoms with Crippen molar-refractivity contribution in [1.29, 1.82) is 0 Å². The lowest BCUT2D eigenvalue weighted by molar-refractivity contribution is -0.181. The molecule has 0 aromatic heterocycles. The second-order valence-corrected chi connectivity index (χ2v) is 2.10. The molecule has 0 radical (unpaired) electrons. The molecule has 0 bridgehead atoms. The summed E-state index contributed by atoms with van der Waals surface area (Å²) < 4.78 is 0. The Morgan fingerprint density at radius 2 is 1.90 bits per heavy atom. The Kier molecular flexibility index (Phi) is 2.29. The van der Waals surface area contributed by atoms with Crippen LogP contribution in [0.5, 0.6) is 0 Å². The second kappa shape index (κ2) is 3.03. The van der Waals surface area contributed by atoms with Gasteiger partial charge in [0, 0.05) is 12.8 Å². The lowest BCUT2D eigenvalue weighted by Crippen LogP contribution is -2.28. The maximum absolute atomic E-state index is 10.7. The quantitative estimate of drug-likeness (QED) is 0.351. The third kappa shape index (κ3) is 1.30. The van der Waals surface area contributed by atoms with Crippen LogP contribution >= 0.6 is 12.6 Å². The maximum Gasteiger partial charge on any atom is 0.254 e. The summed E-state index contributed by atoms with van der Waals surface area (Å²) in [5.74, 6) is -0.504. The van der Waals surface area contributed by atoms with Crippen molar-refractivity contribution in [3.8, 4) is 0 Å². The van der Waals surface area contributed by atoms with Crippen LogP contribution in [-0.4, -0.2) is 22.8 Å². The van der Waals surface area contributed by atoms with Crippen LogP contribution in [0.1, 0.15) is 12.8 Å². The molecule has 1 saturated heterocycles. The first-order chi connectivity index (χ1) is 4.75. The van der Waals surface area contributed by atoms with Gasteiger partial charge >= 0.3 is 0 Å². The van der Waals surface area contributed by atoms with Crippen molar-refractivity contribution in [2.75, 3.05) is 5.94 Å². The number of nitrogens with zero attached hydrogens (tertiary/aromatic N) is 1. The minimum absolute atomic E-state index is 0.0531. The van der Waals surface area contributed by atoms with Crippen molar-refractivity contribution in [2.24, 2.45) is 0 Å². The van der Waals surface area contributed by atoms with Gasteiger partial charge in [0.25, 0.3) is 11.8 Å². The van der Waals surface area contributed by atoms with Crippen molar-refractivity contribution in [1.82, 2.24) is 5.06 Å². The van der Waals surface area contributed by atoms with E-state index in [1.54, 1.807) is 0 Å². The predicted molar refractivity (Wildman–Crippen MR) is 36.0 cm³/mol. The molecular weight excluding hydrogens is 154 g/mol. The zero-order chi connectivity index (χ0) is 7.56. The molecule has 0 spiro atoms. The summed E-state index contributed by atoms with van der Waals surface area (Å²) in [7, 11) is 0. The fourth-order valence-corrected chi connectivity index (χ4v) is 0.873. The highest BCUT2D eigenvalue weighted by Crippen LogP contribution is 2.11. The lowest BCUT2D eigenvalue weighted by Gasteiger charge is -2.09. The van der Waals surface area contributed by atoms with Crippen LogP contribution in [0.15, 0.2) is 0 Å². The molecule has 1 aliphatic rings. The van der Waals surface area contributed by atoms with Crippen LogP contribution in [0.2, 0.25) is 0 Å². The van der Waals surface area contributed by atoms with Crippen molar-refractivity contribution in [3.05, 3.63) is 0 Å². The molecule has 1 heterocycles. The highest BCUT2D eigenvalue weighted by atomic mass is 32.1. The highest BCUT2D eigenvalue weighted by Gasteiger charge is 2.29. The van der Waals surface area contributed by atoms with Gasteiger partial charge in [0.15, 0.2) is 0 Å². The summed E-state index contributed by atoms with van der Waals surface area (Å²) >= 11 is 3.71. The zero-order valence-electron chi connectivity index (χ0n) is 5.24. The molecule has 1 fully saturated rings. The van der Waals surface area contributed by atoms with Gasteiger partial charge in [0.1, 0.15) is 5.94 Å². The topological polar surface area (TPSA) is 46.6 Å². The van der Waals surface area contributed by atoms with Crippen molar-refractivity contribution >= 4 is 24.4 Å². The summed E-state index contributed by atoms with van der Waals surface area (Å²) in [5, 5.41) is 0.771. The second-order valence-electron chi connectivity index (χ2n) is 1.84. The molecule has 2 amide bonds. The normalized spacial score (nSPS) is 18.7. The summed E-state index contributed by atoms with van der Waals surface area (Å²) in [5.41, 5.74) is 0. The molecule has 56 valence electrons. The van der Waals surface area contributed by atoms with Crippen LogP contribution in [0, 0.1) is 0 Å². The number of carbonyl (C=O) groups is 2. The van der Waals surface area contributed by atoms with Gasteiger partial charge < -0.3 is 0 Å². The average Bonchev–Trinajstić information content (AvgIpc) is 2.20. The Hall–Kier alpha value is -0.550. The first-order valence-corrected chi connectivity index (χ1v) is 3.48. The van der Waals surface area contributed by atoms with E-state index in [2.05, 4.69) is 17.5 Å². The SMILES string of the molecule is O=C1CCC(=O)N1OCS. The van der Waals surface area contributed by atoms with Crippen LogP contribution in [-0.2, 0) is 14.4 Å². The van der Waals surface area contributed by atoms with Gasteiger partial charge in [-0.1, -0.05) is 0 Å². The molecule has 10 heavy (non-hydrogen) atoms. The molecule has 1 rings (SSSR count). The first-order valence-electron chi connectivity index (χ1n) is 2.85. The Morgan fingerprint density at radius 1 is 1.40 bits per heavy atom. The molecule has 5 heteroatoms. The number of imide groups is 1. The fourth-order valence-electron chi connectivity index (χ4n) is 0.758. The molecule has 0 aromatic carbocycles. The molecule has 4 nitrogen and oxygen atoms in total.